The number of aromatic nitrogens is 1. The first-order chi connectivity index (χ1) is 16.2. The molecule has 1 aromatic heterocycles. The smallest absolute Gasteiger partial charge is 0.301 e. The van der Waals surface area contributed by atoms with E-state index in [0.29, 0.717) is 21.3 Å². The van der Waals surface area contributed by atoms with Gasteiger partial charge in [-0.2, -0.15) is 0 Å². The van der Waals surface area contributed by atoms with Crippen molar-refractivity contribution in [2.75, 3.05) is 4.90 Å². The number of nitrogens with zero attached hydrogens (tertiary/aromatic N) is 2. The van der Waals surface area contributed by atoms with Crippen LogP contribution in [0.4, 0.5) is 5.13 Å². The summed E-state index contributed by atoms with van der Waals surface area (Å²) in [6, 6.07) is 17.6. The second-order valence-corrected chi connectivity index (χ2v) is 9.96. The molecular formula is C27H21ClN2O3S. The monoisotopic (exact) mass is 488 g/mol. The molecular weight excluding hydrogens is 468 g/mol. The fraction of sp³-hybridized carbons (Fsp3) is 0.148. The van der Waals surface area contributed by atoms with Crippen LogP contribution >= 0.6 is 22.9 Å². The maximum absolute atomic E-state index is 13.4. The molecule has 5 nitrogen and oxygen atoms in total. The molecule has 1 aliphatic heterocycles. The second kappa shape index (κ2) is 8.38. The maximum atomic E-state index is 13.4. The number of hydrogen-bond donors (Lipinski definition) is 1. The number of fused-ring (bicyclic) bond motifs is 1. The Bertz CT molecular complexity index is 1520. The van der Waals surface area contributed by atoms with E-state index >= 15 is 0 Å². The molecule has 1 atom stereocenters. The Morgan fingerprint density at radius 2 is 1.74 bits per heavy atom. The highest BCUT2D eigenvalue weighted by Gasteiger charge is 2.48. The van der Waals surface area contributed by atoms with Crippen molar-refractivity contribution in [2.24, 2.45) is 0 Å². The number of aryl methyl sites for hydroxylation is 3. The molecule has 2 heterocycles. The molecule has 0 bridgehead atoms. The highest BCUT2D eigenvalue weighted by atomic mass is 35.5. The number of ketones is 1. The second-order valence-electron chi connectivity index (χ2n) is 8.51. The van der Waals surface area contributed by atoms with E-state index in [-0.39, 0.29) is 11.3 Å². The third-order valence-electron chi connectivity index (χ3n) is 6.00. The van der Waals surface area contributed by atoms with Gasteiger partial charge in [-0.1, -0.05) is 58.8 Å². The predicted molar refractivity (Wildman–Crippen MR) is 137 cm³/mol. The van der Waals surface area contributed by atoms with E-state index in [1.165, 1.54) is 16.2 Å². The number of hydrogen-bond acceptors (Lipinski definition) is 5. The van der Waals surface area contributed by atoms with Crippen molar-refractivity contribution >= 4 is 55.7 Å². The van der Waals surface area contributed by atoms with Crippen LogP contribution in [0, 0.1) is 20.8 Å². The number of benzene rings is 3. The van der Waals surface area contributed by atoms with Crippen molar-refractivity contribution in [1.82, 2.24) is 4.98 Å². The zero-order chi connectivity index (χ0) is 24.1. The van der Waals surface area contributed by atoms with Gasteiger partial charge in [0.2, 0.25) is 0 Å². The average Bonchev–Trinajstić information content (AvgIpc) is 3.33. The number of amides is 1. The zero-order valence-corrected chi connectivity index (χ0v) is 20.4. The number of rotatable bonds is 3. The lowest BCUT2D eigenvalue weighted by Gasteiger charge is -2.23. The number of Topliss-reactive ketones (excluding diaryl/α,β-unsaturated/α-hetero) is 1. The molecule has 0 radical (unpaired) electrons. The highest BCUT2D eigenvalue weighted by molar-refractivity contribution is 7.22. The molecule has 1 aliphatic rings. The van der Waals surface area contributed by atoms with Crippen molar-refractivity contribution < 1.29 is 14.7 Å². The molecule has 7 heteroatoms. The van der Waals surface area contributed by atoms with Gasteiger partial charge in [0.1, 0.15) is 5.76 Å². The molecule has 0 saturated carbocycles. The van der Waals surface area contributed by atoms with Gasteiger partial charge in [-0.15, -0.1) is 0 Å². The molecule has 34 heavy (non-hydrogen) atoms. The molecule has 3 aromatic carbocycles. The van der Waals surface area contributed by atoms with Crippen LogP contribution in [0.15, 0.2) is 66.2 Å². The van der Waals surface area contributed by atoms with Gasteiger partial charge in [-0.25, -0.2) is 4.98 Å². The summed E-state index contributed by atoms with van der Waals surface area (Å²) in [6.07, 6.45) is 0. The minimum atomic E-state index is -0.861. The number of anilines is 1. The van der Waals surface area contributed by atoms with E-state index in [9.17, 15) is 14.7 Å². The van der Waals surface area contributed by atoms with Crippen molar-refractivity contribution in [3.63, 3.8) is 0 Å². The van der Waals surface area contributed by atoms with Crippen molar-refractivity contribution in [2.45, 2.75) is 26.8 Å². The van der Waals surface area contributed by atoms with Gasteiger partial charge in [0.25, 0.3) is 5.78 Å². The van der Waals surface area contributed by atoms with Gasteiger partial charge in [-0.3, -0.25) is 14.5 Å². The topological polar surface area (TPSA) is 70.5 Å². The van der Waals surface area contributed by atoms with E-state index in [1.807, 2.05) is 57.2 Å². The summed E-state index contributed by atoms with van der Waals surface area (Å²) in [5.74, 6) is -1.68. The fourth-order valence-electron chi connectivity index (χ4n) is 4.28. The Hall–Kier alpha value is -3.48. The number of aliphatic hydroxyl groups excluding tert-OH is 1. The molecule has 1 amide bonds. The molecule has 5 rings (SSSR count). The van der Waals surface area contributed by atoms with E-state index in [1.54, 1.807) is 24.3 Å². The molecule has 0 spiro atoms. The Morgan fingerprint density at radius 1 is 1.00 bits per heavy atom. The van der Waals surface area contributed by atoms with Gasteiger partial charge in [0.15, 0.2) is 5.13 Å². The molecule has 1 fully saturated rings. The summed E-state index contributed by atoms with van der Waals surface area (Å²) < 4.78 is 0.913. The summed E-state index contributed by atoms with van der Waals surface area (Å²) in [7, 11) is 0. The van der Waals surface area contributed by atoms with Crippen LogP contribution in [0.25, 0.3) is 16.0 Å². The minimum absolute atomic E-state index is 0.0244. The van der Waals surface area contributed by atoms with Crippen LogP contribution in [0.5, 0.6) is 0 Å². The van der Waals surface area contributed by atoms with Gasteiger partial charge in [-0.05, 0) is 67.8 Å². The number of thiazole rings is 1. The maximum Gasteiger partial charge on any atom is 0.301 e. The SMILES string of the molecule is Cc1ccc(C)c(C(O)=C2C(=O)C(=O)N(c3nc4ccc(C)cc4s3)C2c2cccc(Cl)c2)c1. The van der Waals surface area contributed by atoms with Crippen LogP contribution in [-0.2, 0) is 9.59 Å². The first-order valence-electron chi connectivity index (χ1n) is 10.8. The van der Waals surface area contributed by atoms with Crippen LogP contribution in [-0.4, -0.2) is 21.8 Å². The van der Waals surface area contributed by atoms with Crippen molar-refractivity contribution in [1.29, 1.82) is 0 Å². The molecule has 4 aromatic rings. The first-order valence-corrected chi connectivity index (χ1v) is 12.0. The van der Waals surface area contributed by atoms with Crippen LogP contribution in [0.1, 0.15) is 33.9 Å². The Labute approximate surface area is 205 Å². The van der Waals surface area contributed by atoms with E-state index < -0.39 is 17.7 Å². The normalized spacial score (nSPS) is 17.6. The number of aliphatic hydroxyl groups is 1. The molecule has 0 aliphatic carbocycles. The van der Waals surface area contributed by atoms with E-state index in [2.05, 4.69) is 4.98 Å². The minimum Gasteiger partial charge on any atom is -0.507 e. The highest BCUT2D eigenvalue weighted by Crippen LogP contribution is 2.45. The van der Waals surface area contributed by atoms with Crippen LogP contribution in [0.2, 0.25) is 5.02 Å². The van der Waals surface area contributed by atoms with Gasteiger partial charge in [0.05, 0.1) is 21.8 Å². The predicted octanol–water partition coefficient (Wildman–Crippen LogP) is 6.50. The van der Waals surface area contributed by atoms with Crippen molar-refractivity contribution in [3.8, 4) is 0 Å². The van der Waals surface area contributed by atoms with E-state index in [0.717, 1.165) is 26.9 Å². The van der Waals surface area contributed by atoms with Gasteiger partial charge < -0.3 is 5.11 Å². The third kappa shape index (κ3) is 3.69. The zero-order valence-electron chi connectivity index (χ0n) is 18.8. The quantitative estimate of drug-likeness (QED) is 0.203. The average molecular weight is 489 g/mol. The van der Waals surface area contributed by atoms with Crippen LogP contribution < -0.4 is 4.90 Å². The number of halogens is 1. The van der Waals surface area contributed by atoms with E-state index in [4.69, 9.17) is 11.6 Å². The van der Waals surface area contributed by atoms with Gasteiger partial charge >= 0.3 is 5.91 Å². The Kier molecular flexibility index (Phi) is 5.50. The van der Waals surface area contributed by atoms with Gasteiger partial charge in [0, 0.05) is 10.6 Å². The Balaban J connectivity index is 1.77. The van der Waals surface area contributed by atoms with Crippen LogP contribution in [0.3, 0.4) is 0 Å². The summed E-state index contributed by atoms with van der Waals surface area (Å²) >= 11 is 7.62. The summed E-state index contributed by atoms with van der Waals surface area (Å²) in [5.41, 5.74) is 4.71. The standard InChI is InChI=1S/C27H21ClN2O3S/c1-14-7-9-16(3)19(11-14)24(31)22-23(17-5-4-6-18(28)13-17)30(26(33)25(22)32)27-29-20-10-8-15(2)12-21(20)34-27/h4-13,23,31H,1-3H3. The fourth-order valence-corrected chi connectivity index (χ4v) is 5.57. The first kappa shape index (κ1) is 22.3. The summed E-state index contributed by atoms with van der Waals surface area (Å²) in [4.78, 5) is 32.8. The molecule has 1 saturated heterocycles. The summed E-state index contributed by atoms with van der Waals surface area (Å²) in [5, 5.41) is 12.2. The lowest BCUT2D eigenvalue weighted by atomic mass is 9.93. The largest absolute Gasteiger partial charge is 0.507 e. The summed E-state index contributed by atoms with van der Waals surface area (Å²) in [6.45, 7) is 5.75. The Morgan fingerprint density at radius 3 is 2.50 bits per heavy atom. The van der Waals surface area contributed by atoms with Crippen molar-refractivity contribution in [3.05, 3.63) is 99.1 Å². The number of carbonyl (C=O) groups excluding carboxylic acids is 2. The third-order valence-corrected chi connectivity index (χ3v) is 7.25. The lowest BCUT2D eigenvalue weighted by Crippen LogP contribution is -2.29. The molecule has 170 valence electrons. The molecule has 1 unspecified atom stereocenters. The number of carbonyl (C=O) groups is 2. The molecule has 1 N–H and O–H groups in total. The lowest BCUT2D eigenvalue weighted by molar-refractivity contribution is -0.132.